The highest BCUT2D eigenvalue weighted by Crippen LogP contribution is 2.21. The Morgan fingerprint density at radius 2 is 0.967 bits per heavy atom. The molecular formula is C28H66N2. The SMILES string of the molecule is C.CCCCC(C)(C)C.CCCNCCCC(C)(C)C.CN(C)CCCC(C)(C)C. The van der Waals surface area contributed by atoms with Crippen LogP contribution in [-0.4, -0.2) is 38.6 Å². The van der Waals surface area contributed by atoms with Crippen molar-refractivity contribution in [2.24, 2.45) is 16.2 Å². The zero-order chi connectivity index (χ0) is 23.6. The van der Waals surface area contributed by atoms with Gasteiger partial charge in [0.15, 0.2) is 0 Å². The Kier molecular flexibility index (Phi) is 25.8. The highest BCUT2D eigenvalue weighted by Gasteiger charge is 2.09. The van der Waals surface area contributed by atoms with Crippen molar-refractivity contribution in [1.82, 2.24) is 10.2 Å². The predicted molar refractivity (Wildman–Crippen MR) is 145 cm³/mol. The van der Waals surface area contributed by atoms with Crippen molar-refractivity contribution in [3.05, 3.63) is 0 Å². The second kappa shape index (κ2) is 20.8. The van der Waals surface area contributed by atoms with Gasteiger partial charge in [-0.15, -0.1) is 0 Å². The maximum atomic E-state index is 3.41. The molecule has 0 radical (unpaired) electrons. The summed E-state index contributed by atoms with van der Waals surface area (Å²) in [5, 5.41) is 3.41. The molecule has 0 saturated heterocycles. The van der Waals surface area contributed by atoms with Crippen molar-refractivity contribution in [3.8, 4) is 0 Å². The first-order valence-corrected chi connectivity index (χ1v) is 12.4. The molecule has 0 bridgehead atoms. The minimum absolute atomic E-state index is 0. The molecule has 30 heavy (non-hydrogen) atoms. The molecule has 0 spiro atoms. The van der Waals surface area contributed by atoms with Crippen LogP contribution in [0.4, 0.5) is 0 Å². The molecule has 0 amide bonds. The van der Waals surface area contributed by atoms with Gasteiger partial charge in [-0.3, -0.25) is 0 Å². The van der Waals surface area contributed by atoms with Gasteiger partial charge in [0.05, 0.1) is 0 Å². The van der Waals surface area contributed by atoms with Crippen LogP contribution in [0.15, 0.2) is 0 Å². The molecule has 0 atom stereocenters. The Morgan fingerprint density at radius 3 is 1.27 bits per heavy atom. The van der Waals surface area contributed by atoms with E-state index in [0.717, 1.165) is 0 Å². The highest BCUT2D eigenvalue weighted by atomic mass is 15.0. The Labute approximate surface area is 195 Å². The summed E-state index contributed by atoms with van der Waals surface area (Å²) in [6, 6.07) is 0. The molecule has 188 valence electrons. The van der Waals surface area contributed by atoms with E-state index in [1.54, 1.807) is 0 Å². The van der Waals surface area contributed by atoms with Crippen LogP contribution < -0.4 is 5.32 Å². The lowest BCUT2D eigenvalue weighted by Gasteiger charge is -2.19. The minimum Gasteiger partial charge on any atom is -0.317 e. The average molecular weight is 431 g/mol. The molecule has 0 aliphatic rings. The average Bonchev–Trinajstić information content (AvgIpc) is 2.50. The molecule has 0 aromatic rings. The molecule has 0 aromatic heterocycles. The Balaban J connectivity index is -0.000000168. The van der Waals surface area contributed by atoms with Gasteiger partial charge in [0.2, 0.25) is 0 Å². The fourth-order valence-corrected chi connectivity index (χ4v) is 2.68. The fraction of sp³-hybridized carbons (Fsp3) is 1.00. The molecule has 0 aliphatic heterocycles. The molecule has 0 rings (SSSR count). The third-order valence-corrected chi connectivity index (χ3v) is 4.52. The monoisotopic (exact) mass is 431 g/mol. The van der Waals surface area contributed by atoms with E-state index in [0.29, 0.717) is 16.2 Å². The summed E-state index contributed by atoms with van der Waals surface area (Å²) in [6.07, 6.45) is 10.6. The lowest BCUT2D eigenvalue weighted by molar-refractivity contribution is 0.319. The molecule has 0 unspecified atom stereocenters. The predicted octanol–water partition coefficient (Wildman–Crippen LogP) is 9.05. The Morgan fingerprint density at radius 1 is 0.567 bits per heavy atom. The molecular weight excluding hydrogens is 364 g/mol. The Hall–Kier alpha value is -0.0800. The molecule has 0 aliphatic carbocycles. The van der Waals surface area contributed by atoms with Gasteiger partial charge in [-0.25, -0.2) is 0 Å². The van der Waals surface area contributed by atoms with Gasteiger partial charge >= 0.3 is 0 Å². The number of hydrogen-bond donors (Lipinski definition) is 1. The molecule has 0 fully saturated rings. The van der Waals surface area contributed by atoms with E-state index >= 15 is 0 Å². The first-order chi connectivity index (χ1) is 13.0. The van der Waals surface area contributed by atoms with Gasteiger partial charge < -0.3 is 10.2 Å². The van der Waals surface area contributed by atoms with Crippen LogP contribution >= 0.6 is 0 Å². The summed E-state index contributed by atoms with van der Waals surface area (Å²) in [7, 11) is 4.26. The molecule has 2 nitrogen and oxygen atoms in total. The van der Waals surface area contributed by atoms with Crippen LogP contribution in [0.25, 0.3) is 0 Å². The van der Waals surface area contributed by atoms with Gasteiger partial charge in [0.1, 0.15) is 0 Å². The fourth-order valence-electron chi connectivity index (χ4n) is 2.68. The Bertz CT molecular complexity index is 313. The van der Waals surface area contributed by atoms with E-state index in [2.05, 4.69) is 100 Å². The van der Waals surface area contributed by atoms with Gasteiger partial charge in [-0.05, 0) is 88.5 Å². The smallest absolute Gasteiger partial charge is 0.00246 e. The second-order valence-electron chi connectivity index (χ2n) is 12.5. The van der Waals surface area contributed by atoms with E-state index in [4.69, 9.17) is 0 Å². The number of nitrogens with zero attached hydrogens (tertiary/aromatic N) is 1. The van der Waals surface area contributed by atoms with Gasteiger partial charge in [0.25, 0.3) is 0 Å². The number of rotatable bonds is 10. The van der Waals surface area contributed by atoms with Gasteiger partial charge in [0, 0.05) is 0 Å². The van der Waals surface area contributed by atoms with E-state index in [1.807, 2.05) is 0 Å². The van der Waals surface area contributed by atoms with Crippen molar-refractivity contribution in [2.75, 3.05) is 33.7 Å². The zero-order valence-corrected chi connectivity index (χ0v) is 23.2. The maximum Gasteiger partial charge on any atom is -0.00246 e. The van der Waals surface area contributed by atoms with Gasteiger partial charge in [-0.1, -0.05) is 96.4 Å². The summed E-state index contributed by atoms with van der Waals surface area (Å²) in [4.78, 5) is 2.24. The van der Waals surface area contributed by atoms with E-state index in [9.17, 15) is 0 Å². The first-order valence-electron chi connectivity index (χ1n) is 12.4. The van der Waals surface area contributed by atoms with Crippen molar-refractivity contribution in [2.45, 2.75) is 135 Å². The first kappa shape index (κ1) is 37.2. The summed E-state index contributed by atoms with van der Waals surface area (Å²) >= 11 is 0. The molecule has 2 heteroatoms. The van der Waals surface area contributed by atoms with Crippen LogP contribution in [0.2, 0.25) is 0 Å². The normalized spacial score (nSPS) is 11.8. The third-order valence-electron chi connectivity index (χ3n) is 4.52. The van der Waals surface area contributed by atoms with Crippen LogP contribution in [0.5, 0.6) is 0 Å². The molecule has 0 saturated carbocycles. The largest absolute Gasteiger partial charge is 0.317 e. The zero-order valence-electron chi connectivity index (χ0n) is 23.2. The lowest BCUT2D eigenvalue weighted by Crippen LogP contribution is -2.17. The van der Waals surface area contributed by atoms with Crippen molar-refractivity contribution in [3.63, 3.8) is 0 Å². The maximum absolute atomic E-state index is 3.41. The van der Waals surface area contributed by atoms with Crippen molar-refractivity contribution < 1.29 is 0 Å². The lowest BCUT2D eigenvalue weighted by atomic mass is 9.90. The van der Waals surface area contributed by atoms with Gasteiger partial charge in [-0.2, -0.15) is 0 Å². The second-order valence-corrected chi connectivity index (χ2v) is 12.5. The van der Waals surface area contributed by atoms with E-state index < -0.39 is 0 Å². The van der Waals surface area contributed by atoms with Crippen LogP contribution in [0.1, 0.15) is 135 Å². The summed E-state index contributed by atoms with van der Waals surface area (Å²) in [5.41, 5.74) is 1.57. The number of hydrogen-bond acceptors (Lipinski definition) is 2. The summed E-state index contributed by atoms with van der Waals surface area (Å²) in [6.45, 7) is 28.7. The van der Waals surface area contributed by atoms with Crippen LogP contribution in [0, 0.1) is 16.2 Å². The van der Waals surface area contributed by atoms with Crippen molar-refractivity contribution in [1.29, 1.82) is 0 Å². The summed E-state index contributed by atoms with van der Waals surface area (Å²) in [5.74, 6) is 0. The topological polar surface area (TPSA) is 15.3 Å². The number of nitrogens with one attached hydrogen (secondary N) is 1. The molecule has 0 heterocycles. The van der Waals surface area contributed by atoms with Crippen LogP contribution in [0.3, 0.4) is 0 Å². The molecule has 0 aromatic carbocycles. The standard InChI is InChI=1S/C10H23N.C9H21N.C8H18.CH4/c1-5-8-11-9-6-7-10(2,3)4;1-9(2,3)7-6-8-10(4)5;1-5-6-7-8(2,3)4;/h11H,5-9H2,1-4H3;6-8H2,1-5H3;5-7H2,1-4H3;1H4. The van der Waals surface area contributed by atoms with Crippen LogP contribution in [-0.2, 0) is 0 Å². The third kappa shape index (κ3) is 51.0. The summed E-state index contributed by atoms with van der Waals surface area (Å²) < 4.78 is 0. The number of unbranched alkanes of at least 4 members (excludes halogenated alkanes) is 1. The van der Waals surface area contributed by atoms with Crippen molar-refractivity contribution >= 4 is 0 Å². The van der Waals surface area contributed by atoms with E-state index in [1.165, 1.54) is 71.0 Å². The molecule has 1 N–H and O–H groups in total. The minimum atomic E-state index is 0. The quantitative estimate of drug-likeness (QED) is 0.348. The highest BCUT2D eigenvalue weighted by molar-refractivity contribution is 4.62. The van der Waals surface area contributed by atoms with E-state index in [-0.39, 0.29) is 7.43 Å².